The summed E-state index contributed by atoms with van der Waals surface area (Å²) in [6.07, 6.45) is 2.67. The largest absolute Gasteiger partial charge is 0.379 e. The van der Waals surface area contributed by atoms with Crippen LogP contribution in [0.5, 0.6) is 0 Å². The Kier molecular flexibility index (Phi) is 10.9. The maximum atomic E-state index is 13.1. The molecule has 1 aliphatic rings. The van der Waals surface area contributed by atoms with E-state index in [-0.39, 0.29) is 17.7 Å². The summed E-state index contributed by atoms with van der Waals surface area (Å²) in [6, 6.07) is 5.37. The van der Waals surface area contributed by atoms with Crippen molar-refractivity contribution in [3.8, 4) is 0 Å². The average molecular weight is 509 g/mol. The Morgan fingerprint density at radius 3 is 2.38 bits per heavy atom. The van der Waals surface area contributed by atoms with E-state index < -0.39 is 0 Å². The summed E-state index contributed by atoms with van der Waals surface area (Å²) < 4.78 is 0. The van der Waals surface area contributed by atoms with Crippen molar-refractivity contribution >= 4 is 41.2 Å². The Hall–Kier alpha value is -2.55. The number of allylic oxidation sites excluding steroid dienone is 2. The first-order valence-corrected chi connectivity index (χ1v) is 12.0. The molecule has 0 unspecified atom stereocenters. The molecule has 0 radical (unpaired) electrons. The standard InChI is InChI=1S/C24H34Cl2N6O2/c1-15(2)23(30-14-17-4-5-19(25)20(26)12-17)31-24(34)21(16(3)13-27)29-8-11-32-9-6-18(7-10-32)22(28)33/h4-5,12-13,18,27,29-30H,6-11,14H2,1-3H3,(H2,28,33)(H,31,34)/b21-16-,27-13?. The van der Waals surface area contributed by atoms with Gasteiger partial charge in [0.2, 0.25) is 5.91 Å². The highest BCUT2D eigenvalue weighted by Crippen LogP contribution is 2.22. The fraction of sp³-hybridized carbons (Fsp3) is 0.458. The Morgan fingerprint density at radius 2 is 1.82 bits per heavy atom. The second-order valence-electron chi connectivity index (χ2n) is 8.58. The number of nitrogens with two attached hydrogens (primary N) is 1. The number of halogens is 2. The van der Waals surface area contributed by atoms with Gasteiger partial charge in [0.15, 0.2) is 0 Å². The smallest absolute Gasteiger partial charge is 0.273 e. The second-order valence-corrected chi connectivity index (χ2v) is 9.39. The van der Waals surface area contributed by atoms with E-state index in [2.05, 4.69) is 20.9 Å². The van der Waals surface area contributed by atoms with Crippen molar-refractivity contribution in [3.63, 3.8) is 0 Å². The van der Waals surface area contributed by atoms with E-state index >= 15 is 0 Å². The Morgan fingerprint density at radius 1 is 1.15 bits per heavy atom. The van der Waals surface area contributed by atoms with Gasteiger partial charge in [0, 0.05) is 31.8 Å². The number of benzene rings is 1. The summed E-state index contributed by atoms with van der Waals surface area (Å²) in [5, 5.41) is 17.9. The van der Waals surface area contributed by atoms with Crippen LogP contribution in [-0.4, -0.2) is 49.1 Å². The molecule has 2 amide bonds. The zero-order valence-corrected chi connectivity index (χ0v) is 21.4. The van der Waals surface area contributed by atoms with E-state index in [1.165, 1.54) is 0 Å². The predicted octanol–water partition coefficient (Wildman–Crippen LogP) is 3.16. The van der Waals surface area contributed by atoms with Gasteiger partial charge >= 0.3 is 0 Å². The van der Waals surface area contributed by atoms with E-state index in [4.69, 9.17) is 34.3 Å². The molecule has 1 fully saturated rings. The molecule has 0 spiro atoms. The van der Waals surface area contributed by atoms with Gasteiger partial charge in [-0.25, -0.2) is 0 Å². The highest BCUT2D eigenvalue weighted by Gasteiger charge is 2.23. The van der Waals surface area contributed by atoms with Crippen molar-refractivity contribution in [2.24, 2.45) is 11.7 Å². The lowest BCUT2D eigenvalue weighted by molar-refractivity contribution is -0.123. The van der Waals surface area contributed by atoms with Gasteiger partial charge in [-0.05, 0) is 75.5 Å². The first kappa shape index (κ1) is 27.7. The molecule has 0 saturated carbocycles. The van der Waals surface area contributed by atoms with Crippen LogP contribution in [0.4, 0.5) is 0 Å². The van der Waals surface area contributed by atoms with Crippen LogP contribution in [0, 0.1) is 11.3 Å². The van der Waals surface area contributed by atoms with Crippen molar-refractivity contribution in [2.45, 2.75) is 40.2 Å². The minimum atomic E-state index is -0.328. The SMILES string of the molecule is CC(C)=C(NCc1ccc(Cl)c(Cl)c1)NC(=O)/C(NCCN1CCC(C(N)=O)CC1)=C(\C)C=N. The molecule has 0 aromatic heterocycles. The van der Waals surface area contributed by atoms with Crippen molar-refractivity contribution in [3.05, 3.63) is 56.5 Å². The van der Waals surface area contributed by atoms with Crippen LogP contribution < -0.4 is 21.7 Å². The molecule has 0 bridgehead atoms. The molecule has 8 nitrogen and oxygen atoms in total. The van der Waals surface area contributed by atoms with Crippen LogP contribution in [0.2, 0.25) is 10.0 Å². The molecule has 1 aliphatic heterocycles. The van der Waals surface area contributed by atoms with Gasteiger partial charge in [-0.2, -0.15) is 0 Å². The number of carbonyl (C=O) groups excluding carboxylic acids is 2. The van der Waals surface area contributed by atoms with Crippen molar-refractivity contribution in [2.75, 3.05) is 26.2 Å². The summed E-state index contributed by atoms with van der Waals surface area (Å²) in [5.74, 6) is -0.0263. The number of rotatable bonds is 11. The quantitative estimate of drug-likeness (QED) is 0.232. The molecule has 1 aromatic rings. The number of hydrogen-bond acceptors (Lipinski definition) is 6. The van der Waals surface area contributed by atoms with Crippen molar-refractivity contribution < 1.29 is 9.59 Å². The number of hydrogen-bond donors (Lipinski definition) is 5. The lowest BCUT2D eigenvalue weighted by atomic mass is 9.96. The normalized spacial score (nSPS) is 15.2. The molecule has 186 valence electrons. The molecule has 1 saturated heterocycles. The second kappa shape index (κ2) is 13.4. The van der Waals surface area contributed by atoms with Gasteiger partial charge < -0.3 is 32.0 Å². The maximum Gasteiger partial charge on any atom is 0.273 e. The van der Waals surface area contributed by atoms with Gasteiger partial charge in [0.1, 0.15) is 11.5 Å². The fourth-order valence-corrected chi connectivity index (χ4v) is 3.93. The molecule has 0 aliphatic carbocycles. The fourth-order valence-electron chi connectivity index (χ4n) is 3.61. The molecule has 34 heavy (non-hydrogen) atoms. The van der Waals surface area contributed by atoms with Crippen LogP contribution >= 0.6 is 23.2 Å². The van der Waals surface area contributed by atoms with E-state index in [0.717, 1.165) is 49.8 Å². The van der Waals surface area contributed by atoms with Crippen molar-refractivity contribution in [1.82, 2.24) is 20.9 Å². The van der Waals surface area contributed by atoms with Crippen LogP contribution in [0.1, 0.15) is 39.2 Å². The summed E-state index contributed by atoms with van der Waals surface area (Å²) in [4.78, 5) is 26.6. The van der Waals surface area contributed by atoms with Gasteiger partial charge in [0.25, 0.3) is 5.91 Å². The molecule has 1 aromatic carbocycles. The van der Waals surface area contributed by atoms with Crippen LogP contribution in [0.15, 0.2) is 40.9 Å². The van der Waals surface area contributed by atoms with Crippen LogP contribution in [0.25, 0.3) is 0 Å². The average Bonchev–Trinajstić information content (AvgIpc) is 2.81. The molecule has 10 heteroatoms. The number of likely N-dealkylation sites (tertiary alicyclic amines) is 1. The first-order chi connectivity index (χ1) is 16.1. The number of nitrogens with zero attached hydrogens (tertiary/aromatic N) is 1. The summed E-state index contributed by atoms with van der Waals surface area (Å²) in [7, 11) is 0. The minimum Gasteiger partial charge on any atom is -0.379 e. The Labute approximate surface area is 211 Å². The summed E-state index contributed by atoms with van der Waals surface area (Å²) in [5.41, 5.74) is 8.10. The minimum absolute atomic E-state index is 0.0514. The van der Waals surface area contributed by atoms with Gasteiger partial charge in [0.05, 0.1) is 10.0 Å². The number of amides is 2. The lowest BCUT2D eigenvalue weighted by Gasteiger charge is -2.30. The molecule has 6 N–H and O–H groups in total. The number of piperidine rings is 1. The van der Waals surface area contributed by atoms with Gasteiger partial charge in [-0.15, -0.1) is 0 Å². The monoisotopic (exact) mass is 508 g/mol. The maximum absolute atomic E-state index is 13.1. The van der Waals surface area contributed by atoms with Gasteiger partial charge in [-0.3, -0.25) is 9.59 Å². The van der Waals surface area contributed by atoms with E-state index in [9.17, 15) is 9.59 Å². The molecule has 1 heterocycles. The zero-order valence-electron chi connectivity index (χ0n) is 19.9. The third kappa shape index (κ3) is 8.34. The topological polar surface area (TPSA) is 123 Å². The lowest BCUT2D eigenvalue weighted by Crippen LogP contribution is -2.43. The highest BCUT2D eigenvalue weighted by atomic mass is 35.5. The first-order valence-electron chi connectivity index (χ1n) is 11.3. The molecule has 0 atom stereocenters. The number of primary amides is 1. The van der Waals surface area contributed by atoms with Gasteiger partial charge in [-0.1, -0.05) is 29.3 Å². The summed E-state index contributed by atoms with van der Waals surface area (Å²) in [6.45, 7) is 8.82. The summed E-state index contributed by atoms with van der Waals surface area (Å²) >= 11 is 12.1. The predicted molar refractivity (Wildman–Crippen MR) is 138 cm³/mol. The van der Waals surface area contributed by atoms with E-state index in [0.29, 0.717) is 40.2 Å². The molecular weight excluding hydrogens is 475 g/mol. The molecular formula is C24H34Cl2N6O2. The van der Waals surface area contributed by atoms with Crippen LogP contribution in [-0.2, 0) is 16.1 Å². The number of carbonyl (C=O) groups is 2. The van der Waals surface area contributed by atoms with E-state index in [1.54, 1.807) is 19.1 Å². The van der Waals surface area contributed by atoms with Crippen molar-refractivity contribution in [1.29, 1.82) is 5.41 Å². The zero-order chi connectivity index (χ0) is 25.3. The van der Waals surface area contributed by atoms with Crippen LogP contribution in [0.3, 0.4) is 0 Å². The van der Waals surface area contributed by atoms with E-state index in [1.807, 2.05) is 19.9 Å². The Balaban J connectivity index is 1.95. The third-order valence-electron chi connectivity index (χ3n) is 5.75. The Bertz CT molecular complexity index is 964. The number of nitrogens with one attached hydrogen (secondary N) is 4. The molecule has 2 rings (SSSR count). The highest BCUT2D eigenvalue weighted by molar-refractivity contribution is 6.42. The third-order valence-corrected chi connectivity index (χ3v) is 6.49.